The highest BCUT2D eigenvalue weighted by Gasteiger charge is 2.25. The number of rotatable bonds is 5. The molecule has 1 aromatic rings. The van der Waals surface area contributed by atoms with Gasteiger partial charge < -0.3 is 15.7 Å². The van der Waals surface area contributed by atoms with Crippen LogP contribution in [0.1, 0.15) is 51.1 Å². The van der Waals surface area contributed by atoms with Crippen LogP contribution in [0.2, 0.25) is 0 Å². The number of benzene rings is 1. The Hall–Kier alpha value is -1.39. The molecule has 116 valence electrons. The standard InChI is InChI=1S/C17H26N2O2/c1-12(18-17-9-4-3-6-15(17)11-20)14-7-5-8-16(10-14)19-13(2)21/h5,7-8,10,12,15,17-18,20H,3-4,6,9,11H2,1-2H3,(H,19,21). The highest BCUT2D eigenvalue weighted by Crippen LogP contribution is 2.27. The number of aliphatic hydroxyl groups is 1. The number of carbonyl (C=O) groups excluding carboxylic acids is 1. The quantitative estimate of drug-likeness (QED) is 0.781. The number of hydrogen-bond donors (Lipinski definition) is 3. The van der Waals surface area contributed by atoms with Gasteiger partial charge in [-0.05, 0) is 43.4 Å². The maximum Gasteiger partial charge on any atom is 0.221 e. The van der Waals surface area contributed by atoms with Crippen molar-refractivity contribution < 1.29 is 9.90 Å². The van der Waals surface area contributed by atoms with Crippen molar-refractivity contribution in [3.63, 3.8) is 0 Å². The van der Waals surface area contributed by atoms with Gasteiger partial charge in [0.2, 0.25) is 5.91 Å². The molecule has 3 atom stereocenters. The summed E-state index contributed by atoms with van der Waals surface area (Å²) in [6, 6.07) is 8.52. The summed E-state index contributed by atoms with van der Waals surface area (Å²) >= 11 is 0. The van der Waals surface area contributed by atoms with E-state index in [4.69, 9.17) is 0 Å². The zero-order valence-corrected chi connectivity index (χ0v) is 12.9. The molecule has 4 nitrogen and oxygen atoms in total. The lowest BCUT2D eigenvalue weighted by Crippen LogP contribution is -2.41. The fourth-order valence-corrected chi connectivity index (χ4v) is 3.15. The fraction of sp³-hybridized carbons (Fsp3) is 0.588. The summed E-state index contributed by atoms with van der Waals surface area (Å²) in [4.78, 5) is 11.1. The first-order valence-electron chi connectivity index (χ1n) is 7.84. The molecule has 1 aromatic carbocycles. The summed E-state index contributed by atoms with van der Waals surface area (Å²) in [6.07, 6.45) is 4.68. The number of hydrogen-bond acceptors (Lipinski definition) is 3. The molecule has 3 unspecified atom stereocenters. The number of nitrogens with one attached hydrogen (secondary N) is 2. The summed E-state index contributed by atoms with van der Waals surface area (Å²) in [5.74, 6) is 0.306. The predicted molar refractivity (Wildman–Crippen MR) is 85.1 cm³/mol. The third-order valence-corrected chi connectivity index (χ3v) is 4.31. The topological polar surface area (TPSA) is 61.4 Å². The van der Waals surface area contributed by atoms with E-state index in [1.807, 2.05) is 18.2 Å². The normalized spacial score (nSPS) is 23.6. The second kappa shape index (κ2) is 7.57. The van der Waals surface area contributed by atoms with Crippen LogP contribution < -0.4 is 10.6 Å². The monoisotopic (exact) mass is 290 g/mol. The van der Waals surface area contributed by atoms with Gasteiger partial charge in [0, 0.05) is 31.3 Å². The van der Waals surface area contributed by atoms with E-state index in [1.54, 1.807) is 0 Å². The number of carbonyl (C=O) groups is 1. The van der Waals surface area contributed by atoms with E-state index in [2.05, 4.69) is 23.6 Å². The molecule has 1 aliphatic rings. The van der Waals surface area contributed by atoms with Gasteiger partial charge in [-0.25, -0.2) is 0 Å². The van der Waals surface area contributed by atoms with E-state index in [0.29, 0.717) is 12.0 Å². The van der Waals surface area contributed by atoms with Gasteiger partial charge in [-0.3, -0.25) is 4.79 Å². The van der Waals surface area contributed by atoms with Crippen molar-refractivity contribution >= 4 is 11.6 Å². The fourth-order valence-electron chi connectivity index (χ4n) is 3.15. The first-order valence-corrected chi connectivity index (χ1v) is 7.84. The average Bonchev–Trinajstić information content (AvgIpc) is 2.47. The van der Waals surface area contributed by atoms with Crippen molar-refractivity contribution in [3.05, 3.63) is 29.8 Å². The first-order chi connectivity index (χ1) is 10.1. The van der Waals surface area contributed by atoms with Crippen LogP contribution in [0, 0.1) is 5.92 Å². The summed E-state index contributed by atoms with van der Waals surface area (Å²) in [7, 11) is 0. The lowest BCUT2D eigenvalue weighted by Gasteiger charge is -2.33. The first kappa shape index (κ1) is 16.0. The molecule has 1 fully saturated rings. The van der Waals surface area contributed by atoms with Gasteiger partial charge in [0.25, 0.3) is 0 Å². The molecule has 1 amide bonds. The van der Waals surface area contributed by atoms with Gasteiger partial charge in [0.15, 0.2) is 0 Å². The highest BCUT2D eigenvalue weighted by molar-refractivity contribution is 5.88. The second-order valence-electron chi connectivity index (χ2n) is 6.03. The van der Waals surface area contributed by atoms with Crippen LogP contribution in [0.4, 0.5) is 5.69 Å². The lowest BCUT2D eigenvalue weighted by molar-refractivity contribution is -0.114. The van der Waals surface area contributed by atoms with Gasteiger partial charge in [-0.15, -0.1) is 0 Å². The van der Waals surface area contributed by atoms with Crippen LogP contribution in [0.15, 0.2) is 24.3 Å². The smallest absolute Gasteiger partial charge is 0.221 e. The molecule has 0 radical (unpaired) electrons. The molecular formula is C17H26N2O2. The molecule has 1 aliphatic carbocycles. The third kappa shape index (κ3) is 4.55. The van der Waals surface area contributed by atoms with Gasteiger partial charge in [0.05, 0.1) is 0 Å². The Morgan fingerprint density at radius 2 is 2.14 bits per heavy atom. The van der Waals surface area contributed by atoms with Gasteiger partial charge >= 0.3 is 0 Å². The van der Waals surface area contributed by atoms with Crippen molar-refractivity contribution in [1.82, 2.24) is 5.32 Å². The molecule has 21 heavy (non-hydrogen) atoms. The van der Waals surface area contributed by atoms with Crippen molar-refractivity contribution in [3.8, 4) is 0 Å². The van der Waals surface area contributed by atoms with E-state index in [-0.39, 0.29) is 18.6 Å². The number of aliphatic hydroxyl groups excluding tert-OH is 1. The van der Waals surface area contributed by atoms with E-state index >= 15 is 0 Å². The van der Waals surface area contributed by atoms with Crippen molar-refractivity contribution in [2.75, 3.05) is 11.9 Å². The van der Waals surface area contributed by atoms with E-state index < -0.39 is 0 Å². The summed E-state index contributed by atoms with van der Waals surface area (Å²) in [6.45, 7) is 3.91. The van der Waals surface area contributed by atoms with E-state index in [1.165, 1.54) is 19.8 Å². The van der Waals surface area contributed by atoms with Crippen LogP contribution in [0.3, 0.4) is 0 Å². The Bertz CT molecular complexity index is 476. The Balaban J connectivity index is 2.01. The van der Waals surface area contributed by atoms with Crippen LogP contribution in [0.5, 0.6) is 0 Å². The van der Waals surface area contributed by atoms with Crippen molar-refractivity contribution in [2.24, 2.45) is 5.92 Å². The molecule has 0 saturated heterocycles. The summed E-state index contributed by atoms with van der Waals surface area (Å²) < 4.78 is 0. The SMILES string of the molecule is CC(=O)Nc1cccc(C(C)NC2CCCCC2CO)c1. The molecule has 0 spiro atoms. The summed E-state index contributed by atoms with van der Waals surface area (Å²) in [5.41, 5.74) is 1.99. The van der Waals surface area contributed by atoms with Crippen LogP contribution >= 0.6 is 0 Å². The van der Waals surface area contributed by atoms with Crippen LogP contribution in [-0.4, -0.2) is 23.7 Å². The molecule has 0 bridgehead atoms. The predicted octanol–water partition coefficient (Wildman–Crippen LogP) is 2.85. The maximum atomic E-state index is 11.1. The Kier molecular flexibility index (Phi) is 5.76. The Morgan fingerprint density at radius 3 is 2.86 bits per heavy atom. The lowest BCUT2D eigenvalue weighted by atomic mass is 9.84. The molecule has 2 rings (SSSR count). The largest absolute Gasteiger partial charge is 0.396 e. The molecule has 4 heteroatoms. The molecule has 0 aromatic heterocycles. The van der Waals surface area contributed by atoms with Gasteiger partial charge in [-0.2, -0.15) is 0 Å². The molecule has 3 N–H and O–H groups in total. The molecule has 1 saturated carbocycles. The Morgan fingerprint density at radius 1 is 1.38 bits per heavy atom. The third-order valence-electron chi connectivity index (χ3n) is 4.31. The Labute approximate surface area is 126 Å². The minimum atomic E-state index is -0.0552. The van der Waals surface area contributed by atoms with Crippen LogP contribution in [0.25, 0.3) is 0 Å². The molecular weight excluding hydrogens is 264 g/mol. The maximum absolute atomic E-state index is 11.1. The van der Waals surface area contributed by atoms with Crippen molar-refractivity contribution in [1.29, 1.82) is 0 Å². The number of amides is 1. The minimum absolute atomic E-state index is 0.0552. The van der Waals surface area contributed by atoms with Crippen molar-refractivity contribution in [2.45, 2.75) is 51.6 Å². The van der Waals surface area contributed by atoms with Gasteiger partial charge in [0.1, 0.15) is 0 Å². The number of anilines is 1. The van der Waals surface area contributed by atoms with Crippen LogP contribution in [-0.2, 0) is 4.79 Å². The molecule has 0 heterocycles. The summed E-state index contributed by atoms with van der Waals surface area (Å²) in [5, 5.41) is 16.0. The zero-order valence-electron chi connectivity index (χ0n) is 12.9. The average molecular weight is 290 g/mol. The molecule has 0 aliphatic heterocycles. The second-order valence-corrected chi connectivity index (χ2v) is 6.03. The van der Waals surface area contributed by atoms with E-state index in [9.17, 15) is 9.90 Å². The zero-order chi connectivity index (χ0) is 15.2. The van der Waals surface area contributed by atoms with E-state index in [0.717, 1.165) is 24.1 Å². The highest BCUT2D eigenvalue weighted by atomic mass is 16.3. The van der Waals surface area contributed by atoms with Gasteiger partial charge in [-0.1, -0.05) is 25.0 Å². The minimum Gasteiger partial charge on any atom is -0.396 e.